The second-order valence-electron chi connectivity index (χ2n) is 15.8. The van der Waals surface area contributed by atoms with Gasteiger partial charge in [0.25, 0.3) is 0 Å². The van der Waals surface area contributed by atoms with Gasteiger partial charge in [-0.3, -0.25) is 0 Å². The highest BCUT2D eigenvalue weighted by Crippen LogP contribution is 2.37. The third-order valence-corrected chi connectivity index (χ3v) is 13.7. The Kier molecular flexibility index (Phi) is 17.6. The number of rotatable bonds is 15. The first-order valence-corrected chi connectivity index (χ1v) is 22.9. The van der Waals surface area contributed by atoms with Crippen LogP contribution in [0.3, 0.4) is 0 Å². The summed E-state index contributed by atoms with van der Waals surface area (Å²) in [5.41, 5.74) is -14.3. The van der Waals surface area contributed by atoms with E-state index in [4.69, 9.17) is 14.2 Å². The predicted octanol–water partition coefficient (Wildman–Crippen LogP) is 12.1. The number of ether oxygens (including phenoxy) is 3. The van der Waals surface area contributed by atoms with Crippen molar-refractivity contribution < 1.29 is 102 Å². The SMILES string of the molecule is Fc1c(F)c(F)c([B-](c2c(F)c(F)c(F)c(F)c2F)(c2c(F)c(F)c(F)c(F)c2F)c2c(F)c(F)c(F)c(F)c2F)c(F)c1F.c1ccc(OCCOCCOc2ccccc2[S+](c2ccccc2)c2ccccc2)cc1. The molecule has 402 valence electrons. The van der Waals surface area contributed by atoms with Gasteiger partial charge in [-0.2, -0.15) is 0 Å². The lowest BCUT2D eigenvalue weighted by Gasteiger charge is -2.44. The average molecular weight is 1120 g/mol. The molecule has 25 heteroatoms. The zero-order valence-electron chi connectivity index (χ0n) is 38.1. The molecule has 0 spiro atoms. The second-order valence-corrected chi connectivity index (χ2v) is 17.8. The van der Waals surface area contributed by atoms with Crippen LogP contribution in [0, 0.1) is 116 Å². The van der Waals surface area contributed by atoms with Gasteiger partial charge in [-0.1, -0.05) is 66.7 Å². The first kappa shape index (κ1) is 57.0. The van der Waals surface area contributed by atoms with E-state index in [0.29, 0.717) is 26.4 Å². The van der Waals surface area contributed by atoms with Crippen LogP contribution in [0.15, 0.2) is 130 Å². The van der Waals surface area contributed by atoms with Crippen LogP contribution in [0.1, 0.15) is 0 Å². The van der Waals surface area contributed by atoms with E-state index in [0.717, 1.165) is 11.5 Å². The minimum absolute atomic E-state index is 0.243. The van der Waals surface area contributed by atoms with Crippen LogP contribution in [-0.2, 0) is 15.6 Å². The molecular formula is C52H27BF20O3S. The highest BCUT2D eigenvalue weighted by molar-refractivity contribution is 7.97. The topological polar surface area (TPSA) is 27.7 Å². The molecule has 8 aromatic carbocycles. The maximum atomic E-state index is 15.4. The van der Waals surface area contributed by atoms with E-state index in [1.807, 2.05) is 42.5 Å². The molecule has 0 aliphatic rings. The van der Waals surface area contributed by atoms with Crippen molar-refractivity contribution in [2.24, 2.45) is 0 Å². The molecule has 0 unspecified atom stereocenters. The zero-order chi connectivity index (χ0) is 56.2. The molecule has 0 aliphatic carbocycles. The summed E-state index contributed by atoms with van der Waals surface area (Å²) in [5, 5.41) is 0. The third-order valence-electron chi connectivity index (χ3n) is 11.5. The normalized spacial score (nSPS) is 11.5. The maximum absolute atomic E-state index is 15.4. The van der Waals surface area contributed by atoms with Gasteiger partial charge in [-0.25, -0.2) is 87.8 Å². The first-order valence-electron chi connectivity index (χ1n) is 21.7. The molecule has 0 bridgehead atoms. The summed E-state index contributed by atoms with van der Waals surface area (Å²) in [5.74, 6) is -69.7. The van der Waals surface area contributed by atoms with E-state index < -0.39 is 144 Å². The molecule has 0 aliphatic heterocycles. The van der Waals surface area contributed by atoms with Crippen molar-refractivity contribution in [1.82, 2.24) is 0 Å². The van der Waals surface area contributed by atoms with E-state index in [1.165, 1.54) is 14.7 Å². The molecule has 0 N–H and O–H groups in total. The Hall–Kier alpha value is -7.67. The molecular weight excluding hydrogens is 1100 g/mol. The van der Waals surface area contributed by atoms with Crippen molar-refractivity contribution in [2.45, 2.75) is 14.7 Å². The van der Waals surface area contributed by atoms with E-state index in [2.05, 4.69) is 72.8 Å². The van der Waals surface area contributed by atoms with Gasteiger partial charge in [0.2, 0.25) is 4.90 Å². The molecule has 0 aromatic heterocycles. The van der Waals surface area contributed by atoms with Crippen LogP contribution < -0.4 is 31.3 Å². The number of para-hydroxylation sites is 2. The van der Waals surface area contributed by atoms with Crippen molar-refractivity contribution in [3.05, 3.63) is 232 Å². The summed E-state index contributed by atoms with van der Waals surface area (Å²) in [6.07, 6.45) is -7.22. The minimum Gasteiger partial charge on any atom is -0.491 e. The fourth-order valence-electron chi connectivity index (χ4n) is 8.16. The Morgan fingerprint density at radius 2 is 0.532 bits per heavy atom. The molecule has 0 atom stereocenters. The molecule has 0 fully saturated rings. The Balaban J connectivity index is 0.000000236. The smallest absolute Gasteiger partial charge is 0.208 e. The Morgan fingerprint density at radius 3 is 0.857 bits per heavy atom. The van der Waals surface area contributed by atoms with Gasteiger partial charge in [-0.15, -0.1) is 21.9 Å². The average Bonchev–Trinajstić information content (AvgIpc) is 3.61. The third kappa shape index (κ3) is 10.5. The zero-order valence-corrected chi connectivity index (χ0v) is 38.9. The van der Waals surface area contributed by atoms with Crippen molar-refractivity contribution in [3.63, 3.8) is 0 Å². The molecule has 77 heavy (non-hydrogen) atoms. The fraction of sp³-hybridized carbons (Fsp3) is 0.0769. The van der Waals surface area contributed by atoms with Crippen LogP contribution >= 0.6 is 0 Å². The van der Waals surface area contributed by atoms with Gasteiger partial charge in [0, 0.05) is 0 Å². The Labute approximate surface area is 424 Å². The lowest BCUT2D eigenvalue weighted by molar-refractivity contribution is 0.0757. The van der Waals surface area contributed by atoms with Gasteiger partial charge in [0.05, 0.1) is 13.2 Å². The molecule has 3 nitrogen and oxygen atoms in total. The van der Waals surface area contributed by atoms with E-state index >= 15 is 35.1 Å². The summed E-state index contributed by atoms with van der Waals surface area (Å²) in [6.45, 7) is 2.05. The summed E-state index contributed by atoms with van der Waals surface area (Å²) in [4.78, 5) is 3.71. The molecule has 0 amide bonds. The van der Waals surface area contributed by atoms with Gasteiger partial charge < -0.3 is 14.2 Å². The van der Waals surface area contributed by atoms with E-state index in [-0.39, 0.29) is 10.9 Å². The highest BCUT2D eigenvalue weighted by atomic mass is 32.2. The lowest BCUT2D eigenvalue weighted by Crippen LogP contribution is -2.81. The number of hydrogen-bond donors (Lipinski definition) is 0. The summed E-state index contributed by atoms with van der Waals surface area (Å²) in [7, 11) is -0.243. The van der Waals surface area contributed by atoms with Crippen molar-refractivity contribution in [3.8, 4) is 11.5 Å². The van der Waals surface area contributed by atoms with Crippen molar-refractivity contribution in [2.75, 3.05) is 26.4 Å². The maximum Gasteiger partial charge on any atom is 0.208 e. The highest BCUT2D eigenvalue weighted by Gasteiger charge is 2.52. The summed E-state index contributed by atoms with van der Waals surface area (Å²) in [6, 6.07) is 39.3. The number of hydrogen-bond acceptors (Lipinski definition) is 3. The van der Waals surface area contributed by atoms with E-state index in [1.54, 1.807) is 0 Å². The van der Waals surface area contributed by atoms with Crippen LogP contribution in [0.2, 0.25) is 0 Å². The molecule has 0 saturated heterocycles. The Bertz CT molecular complexity index is 3050. The largest absolute Gasteiger partial charge is 0.491 e. The molecule has 0 radical (unpaired) electrons. The van der Waals surface area contributed by atoms with Crippen molar-refractivity contribution in [1.29, 1.82) is 0 Å². The van der Waals surface area contributed by atoms with Gasteiger partial charge in [-0.05, 0) is 48.5 Å². The number of halogens is 20. The summed E-state index contributed by atoms with van der Waals surface area (Å²) >= 11 is 0. The lowest BCUT2D eigenvalue weighted by atomic mass is 9.12. The quantitative estimate of drug-likeness (QED) is 0.0256. The second kappa shape index (κ2) is 23.7. The molecule has 8 rings (SSSR count). The van der Waals surface area contributed by atoms with Gasteiger partial charge >= 0.3 is 0 Å². The molecule has 0 heterocycles. The molecule has 0 saturated carbocycles. The Morgan fingerprint density at radius 1 is 0.273 bits per heavy atom. The minimum atomic E-state index is -7.22. The van der Waals surface area contributed by atoms with Crippen LogP contribution in [-0.4, -0.2) is 32.6 Å². The van der Waals surface area contributed by atoms with Crippen LogP contribution in [0.5, 0.6) is 11.5 Å². The van der Waals surface area contributed by atoms with E-state index in [9.17, 15) is 52.7 Å². The standard InChI is InChI=1S/C28H27O3S.C24BF20/c1-4-12-24(13-5-1)30-22-20-29-21-23-31-27-18-10-11-19-28(27)32(25-14-6-2-7-15-25)26-16-8-3-9-17-26;26-5-1(6(27)14(35)21(42)13(5)34)25(2-7(28)15(36)22(43)16(37)8(2)29,3-9(30)17(38)23(44)18(39)10(3)31)4-11(32)19(40)24(45)20(41)12(4)33/h1-19H,20-23H2;/q+1;-1. The number of benzene rings is 8. The first-order chi connectivity index (χ1) is 36.6. The molecule has 8 aromatic rings. The van der Waals surface area contributed by atoms with Gasteiger partial charge in [0.1, 0.15) is 82.5 Å². The summed E-state index contributed by atoms with van der Waals surface area (Å²) < 4.78 is 311. The van der Waals surface area contributed by atoms with Crippen LogP contribution in [0.4, 0.5) is 87.8 Å². The van der Waals surface area contributed by atoms with Crippen LogP contribution in [0.25, 0.3) is 0 Å². The van der Waals surface area contributed by atoms with Crippen molar-refractivity contribution >= 4 is 38.9 Å². The monoisotopic (exact) mass is 1120 g/mol. The predicted molar refractivity (Wildman–Crippen MR) is 239 cm³/mol. The van der Waals surface area contributed by atoms with Gasteiger partial charge in [0.15, 0.2) is 85.3 Å². The fourth-order valence-corrected chi connectivity index (χ4v) is 10.3.